The standard InChI is InChI=1S/C45H34N4/c1-3-12-35(13-4-1)45-47-41(30-42(48-45)34-27-25-32(26-28-34)40-19-9-10-29-46-40)33-23-21-31(22-24-33)37-17-11-18-39-38-16-7-8-20-43(38)49(44(37)39)36-14-5-2-6-15-36/h1-30,40,45-46,48H. The Labute approximate surface area is 286 Å². The Balaban J connectivity index is 1.11. The SMILES string of the molecule is C1=CNC(c2ccc(C3=CC(c4ccc(-c5cccc6c7ccccc7n(-c7ccccc7)c56)cc4)=NC(c4ccccc4)N3)cc2)C=C1. The van der Waals surface area contributed by atoms with Gasteiger partial charge in [-0.3, -0.25) is 4.99 Å². The zero-order valence-corrected chi connectivity index (χ0v) is 26.9. The van der Waals surface area contributed by atoms with Crippen LogP contribution in [0.25, 0.3) is 44.3 Å². The molecule has 0 spiro atoms. The molecule has 4 heteroatoms. The van der Waals surface area contributed by atoms with Gasteiger partial charge in [-0.25, -0.2) is 0 Å². The van der Waals surface area contributed by atoms with Crippen molar-refractivity contribution in [1.29, 1.82) is 0 Å². The summed E-state index contributed by atoms with van der Waals surface area (Å²) in [6.07, 6.45) is 10.3. The van der Waals surface area contributed by atoms with E-state index in [1.807, 2.05) is 18.3 Å². The maximum absolute atomic E-state index is 5.22. The number of fused-ring (bicyclic) bond motifs is 3. The molecule has 2 aliphatic rings. The molecular weight excluding hydrogens is 597 g/mol. The predicted octanol–water partition coefficient (Wildman–Crippen LogP) is 10.3. The first-order valence-electron chi connectivity index (χ1n) is 16.8. The van der Waals surface area contributed by atoms with E-state index in [2.05, 4.69) is 179 Å². The van der Waals surface area contributed by atoms with Gasteiger partial charge in [0.1, 0.15) is 6.17 Å². The van der Waals surface area contributed by atoms with Crippen LogP contribution in [0.3, 0.4) is 0 Å². The van der Waals surface area contributed by atoms with Gasteiger partial charge >= 0.3 is 0 Å². The van der Waals surface area contributed by atoms with E-state index >= 15 is 0 Å². The fourth-order valence-corrected chi connectivity index (χ4v) is 7.09. The number of aromatic nitrogens is 1. The van der Waals surface area contributed by atoms with E-state index < -0.39 is 0 Å². The van der Waals surface area contributed by atoms with Crippen molar-refractivity contribution in [3.63, 3.8) is 0 Å². The molecule has 0 saturated heterocycles. The fraction of sp³-hybridized carbons (Fsp3) is 0.0444. The molecule has 0 bridgehead atoms. The second-order valence-corrected chi connectivity index (χ2v) is 12.5. The van der Waals surface area contributed by atoms with Crippen LogP contribution in [0.15, 0.2) is 187 Å². The lowest BCUT2D eigenvalue weighted by atomic mass is 9.97. The summed E-state index contributed by atoms with van der Waals surface area (Å²) in [6.45, 7) is 0. The first kappa shape index (κ1) is 28.8. The van der Waals surface area contributed by atoms with Gasteiger partial charge in [0.15, 0.2) is 0 Å². The molecule has 2 N–H and O–H groups in total. The number of hydrogen-bond donors (Lipinski definition) is 2. The summed E-state index contributed by atoms with van der Waals surface area (Å²) in [5, 5.41) is 9.63. The largest absolute Gasteiger partial charge is 0.381 e. The molecule has 0 aliphatic carbocycles. The number of rotatable bonds is 6. The zero-order chi connectivity index (χ0) is 32.6. The number of dihydropyridines is 1. The highest BCUT2D eigenvalue weighted by Gasteiger charge is 2.21. The summed E-state index contributed by atoms with van der Waals surface area (Å²) in [6, 6.07) is 54.3. The molecule has 0 saturated carbocycles. The number of nitrogens with zero attached hydrogens (tertiary/aromatic N) is 2. The van der Waals surface area contributed by atoms with Crippen molar-refractivity contribution in [2.24, 2.45) is 4.99 Å². The lowest BCUT2D eigenvalue weighted by molar-refractivity contribution is 0.664. The molecular formula is C45H34N4. The van der Waals surface area contributed by atoms with Gasteiger partial charge < -0.3 is 15.2 Å². The highest BCUT2D eigenvalue weighted by atomic mass is 15.1. The smallest absolute Gasteiger partial charge is 0.145 e. The summed E-state index contributed by atoms with van der Waals surface area (Å²) >= 11 is 0. The molecule has 0 amide bonds. The minimum atomic E-state index is -0.195. The molecule has 234 valence electrons. The molecule has 0 fully saturated rings. The predicted molar refractivity (Wildman–Crippen MR) is 204 cm³/mol. The molecule has 0 radical (unpaired) electrons. The third-order valence-corrected chi connectivity index (χ3v) is 9.53. The highest BCUT2D eigenvalue weighted by molar-refractivity contribution is 6.15. The molecule has 1 aromatic heterocycles. The average Bonchev–Trinajstić information content (AvgIpc) is 3.54. The van der Waals surface area contributed by atoms with Crippen LogP contribution in [0.5, 0.6) is 0 Å². The van der Waals surface area contributed by atoms with E-state index in [4.69, 9.17) is 4.99 Å². The van der Waals surface area contributed by atoms with Crippen LogP contribution in [-0.4, -0.2) is 10.3 Å². The molecule has 3 heterocycles. The maximum atomic E-state index is 5.22. The lowest BCUT2D eigenvalue weighted by Crippen LogP contribution is -2.25. The molecule has 9 rings (SSSR count). The van der Waals surface area contributed by atoms with Crippen LogP contribution in [0.4, 0.5) is 0 Å². The quantitative estimate of drug-likeness (QED) is 0.192. The summed E-state index contributed by atoms with van der Waals surface area (Å²) in [5.41, 5.74) is 12.5. The van der Waals surface area contributed by atoms with Gasteiger partial charge in [0.2, 0.25) is 0 Å². The molecule has 6 aromatic carbocycles. The van der Waals surface area contributed by atoms with E-state index in [9.17, 15) is 0 Å². The highest BCUT2D eigenvalue weighted by Crippen LogP contribution is 2.38. The minimum absolute atomic E-state index is 0.180. The Morgan fingerprint density at radius 2 is 1.24 bits per heavy atom. The van der Waals surface area contributed by atoms with Crippen LogP contribution >= 0.6 is 0 Å². The summed E-state index contributed by atoms with van der Waals surface area (Å²) in [7, 11) is 0. The number of benzene rings is 6. The number of allylic oxidation sites excluding steroid dienone is 3. The van der Waals surface area contributed by atoms with Crippen LogP contribution in [0.2, 0.25) is 0 Å². The third kappa shape index (κ3) is 5.34. The summed E-state index contributed by atoms with van der Waals surface area (Å²) in [4.78, 5) is 5.22. The number of hydrogen-bond acceptors (Lipinski definition) is 3. The Morgan fingerprint density at radius 1 is 0.551 bits per heavy atom. The molecule has 2 atom stereocenters. The normalized spacial score (nSPS) is 17.0. The van der Waals surface area contributed by atoms with E-state index in [0.29, 0.717) is 0 Å². The number of nitrogens with one attached hydrogen (secondary N) is 2. The zero-order valence-electron chi connectivity index (χ0n) is 26.9. The van der Waals surface area contributed by atoms with Gasteiger partial charge in [0.25, 0.3) is 0 Å². The van der Waals surface area contributed by atoms with Gasteiger partial charge in [-0.05, 0) is 64.4 Å². The van der Waals surface area contributed by atoms with Crippen molar-refractivity contribution < 1.29 is 0 Å². The summed E-state index contributed by atoms with van der Waals surface area (Å²) < 4.78 is 2.40. The van der Waals surface area contributed by atoms with Crippen molar-refractivity contribution in [1.82, 2.24) is 15.2 Å². The van der Waals surface area contributed by atoms with Gasteiger partial charge in [-0.1, -0.05) is 146 Å². The van der Waals surface area contributed by atoms with Crippen LogP contribution in [0.1, 0.15) is 34.5 Å². The van der Waals surface area contributed by atoms with E-state index in [1.54, 1.807) is 0 Å². The Morgan fingerprint density at radius 3 is 2.02 bits per heavy atom. The van der Waals surface area contributed by atoms with Crippen molar-refractivity contribution in [3.8, 4) is 16.8 Å². The summed E-state index contributed by atoms with van der Waals surface area (Å²) in [5.74, 6) is 0. The van der Waals surface area contributed by atoms with Gasteiger partial charge in [-0.2, -0.15) is 0 Å². The molecule has 2 aliphatic heterocycles. The van der Waals surface area contributed by atoms with E-state index in [-0.39, 0.29) is 12.2 Å². The Kier molecular flexibility index (Phi) is 7.25. The molecule has 7 aromatic rings. The van der Waals surface area contributed by atoms with E-state index in [1.165, 1.54) is 38.5 Å². The number of para-hydroxylation sites is 3. The van der Waals surface area contributed by atoms with Crippen molar-refractivity contribution >= 4 is 33.2 Å². The van der Waals surface area contributed by atoms with Crippen molar-refractivity contribution in [2.45, 2.75) is 12.2 Å². The lowest BCUT2D eigenvalue weighted by Gasteiger charge is -2.25. The van der Waals surface area contributed by atoms with Crippen LogP contribution in [-0.2, 0) is 0 Å². The van der Waals surface area contributed by atoms with Crippen molar-refractivity contribution in [3.05, 3.63) is 204 Å². The first-order chi connectivity index (χ1) is 24.3. The fourth-order valence-electron chi connectivity index (χ4n) is 7.09. The van der Waals surface area contributed by atoms with Gasteiger partial charge in [0.05, 0.1) is 22.8 Å². The Bertz CT molecular complexity index is 2410. The second kappa shape index (κ2) is 12.3. The third-order valence-electron chi connectivity index (χ3n) is 9.53. The first-order valence-corrected chi connectivity index (χ1v) is 16.8. The minimum Gasteiger partial charge on any atom is -0.381 e. The van der Waals surface area contributed by atoms with Gasteiger partial charge in [0, 0.05) is 27.7 Å². The van der Waals surface area contributed by atoms with Crippen LogP contribution < -0.4 is 10.6 Å². The van der Waals surface area contributed by atoms with E-state index in [0.717, 1.165) is 33.8 Å². The maximum Gasteiger partial charge on any atom is 0.145 e. The molecule has 4 nitrogen and oxygen atoms in total. The number of aliphatic imine (C=N–C) groups is 1. The molecule has 49 heavy (non-hydrogen) atoms. The average molecular weight is 631 g/mol. The Hall–Kier alpha value is -6.39. The monoisotopic (exact) mass is 630 g/mol. The molecule has 2 unspecified atom stereocenters. The van der Waals surface area contributed by atoms with Gasteiger partial charge in [-0.15, -0.1) is 0 Å². The topological polar surface area (TPSA) is 41.4 Å². The second-order valence-electron chi connectivity index (χ2n) is 12.5. The van der Waals surface area contributed by atoms with Crippen molar-refractivity contribution in [2.75, 3.05) is 0 Å². The van der Waals surface area contributed by atoms with Crippen LogP contribution in [0, 0.1) is 0 Å².